The molecule has 2 heterocycles. The molecule has 2 saturated heterocycles. The van der Waals surface area contributed by atoms with Gasteiger partial charge in [-0.3, -0.25) is 9.69 Å². The van der Waals surface area contributed by atoms with Gasteiger partial charge in [0.05, 0.1) is 6.67 Å². The van der Waals surface area contributed by atoms with Gasteiger partial charge >= 0.3 is 6.03 Å². The van der Waals surface area contributed by atoms with E-state index in [0.29, 0.717) is 12.6 Å². The number of piperidine rings is 1. The van der Waals surface area contributed by atoms with Crippen molar-refractivity contribution in [3.05, 3.63) is 0 Å². The molecule has 0 bridgehead atoms. The summed E-state index contributed by atoms with van der Waals surface area (Å²) in [7, 11) is 0. The van der Waals surface area contributed by atoms with Crippen LogP contribution in [0.25, 0.3) is 0 Å². The van der Waals surface area contributed by atoms with Crippen LogP contribution < -0.4 is 5.32 Å². The maximum absolute atomic E-state index is 12.1. The van der Waals surface area contributed by atoms with Crippen LogP contribution in [0.1, 0.15) is 39.5 Å². The van der Waals surface area contributed by atoms with E-state index in [9.17, 15) is 9.59 Å². The normalized spacial score (nSPS) is 29.8. The Morgan fingerprint density at radius 3 is 2.83 bits per heavy atom. The Bertz CT molecular complexity index is 332. The van der Waals surface area contributed by atoms with Gasteiger partial charge < -0.3 is 5.32 Å². The summed E-state index contributed by atoms with van der Waals surface area (Å²) in [6.07, 6.45) is 4.04. The number of carbonyl (C=O) groups excluding carboxylic acids is 2. The van der Waals surface area contributed by atoms with Crippen molar-refractivity contribution in [3.8, 4) is 0 Å². The van der Waals surface area contributed by atoms with Gasteiger partial charge in [0, 0.05) is 6.54 Å². The zero-order valence-electron chi connectivity index (χ0n) is 11.3. The van der Waals surface area contributed by atoms with Gasteiger partial charge in [-0.05, 0) is 31.7 Å². The van der Waals surface area contributed by atoms with E-state index in [1.165, 1.54) is 11.3 Å². The summed E-state index contributed by atoms with van der Waals surface area (Å²) in [6.45, 7) is 6.66. The smallest absolute Gasteiger partial charge is 0.325 e. The van der Waals surface area contributed by atoms with Crippen LogP contribution in [0.15, 0.2) is 0 Å². The molecule has 0 aromatic heterocycles. The summed E-state index contributed by atoms with van der Waals surface area (Å²) >= 11 is 0. The number of hydrogen-bond donors (Lipinski definition) is 1. The molecular formula is C13H23N3O2. The van der Waals surface area contributed by atoms with Gasteiger partial charge in [0.1, 0.15) is 6.04 Å². The van der Waals surface area contributed by atoms with Crippen LogP contribution in [0.2, 0.25) is 0 Å². The minimum Gasteiger partial charge on any atom is -0.326 e. The molecule has 0 saturated carbocycles. The Balaban J connectivity index is 1.92. The summed E-state index contributed by atoms with van der Waals surface area (Å²) in [4.78, 5) is 27.5. The van der Waals surface area contributed by atoms with Crippen molar-refractivity contribution in [1.82, 2.24) is 15.1 Å². The molecule has 1 N–H and O–H groups in total. The number of amides is 3. The molecule has 2 rings (SSSR count). The molecule has 2 fully saturated rings. The Kier molecular flexibility index (Phi) is 4.22. The van der Waals surface area contributed by atoms with E-state index in [1.807, 2.05) is 6.92 Å². The third kappa shape index (κ3) is 2.83. The highest BCUT2D eigenvalue weighted by molar-refractivity contribution is 6.04. The lowest BCUT2D eigenvalue weighted by molar-refractivity contribution is -0.129. The van der Waals surface area contributed by atoms with Crippen LogP contribution >= 0.6 is 0 Å². The number of likely N-dealkylation sites (tertiary alicyclic amines) is 1. The van der Waals surface area contributed by atoms with Crippen molar-refractivity contribution in [2.24, 2.45) is 5.92 Å². The largest absolute Gasteiger partial charge is 0.326 e. The summed E-state index contributed by atoms with van der Waals surface area (Å²) in [5, 5.41) is 2.77. The lowest BCUT2D eigenvalue weighted by Gasteiger charge is -2.32. The van der Waals surface area contributed by atoms with Gasteiger partial charge in [0.15, 0.2) is 0 Å². The Labute approximate surface area is 108 Å². The molecule has 2 aliphatic rings. The van der Waals surface area contributed by atoms with E-state index in [0.717, 1.165) is 32.4 Å². The fourth-order valence-electron chi connectivity index (χ4n) is 2.81. The topological polar surface area (TPSA) is 52.7 Å². The fraction of sp³-hybridized carbons (Fsp3) is 0.846. The highest BCUT2D eigenvalue weighted by Gasteiger charge is 2.38. The second kappa shape index (κ2) is 5.69. The van der Waals surface area contributed by atoms with Crippen molar-refractivity contribution in [3.63, 3.8) is 0 Å². The summed E-state index contributed by atoms with van der Waals surface area (Å²) in [5.74, 6) is 0.603. The van der Waals surface area contributed by atoms with Crippen LogP contribution in [0.5, 0.6) is 0 Å². The molecule has 0 aromatic rings. The van der Waals surface area contributed by atoms with Crippen molar-refractivity contribution in [2.75, 3.05) is 19.8 Å². The van der Waals surface area contributed by atoms with Crippen molar-refractivity contribution in [2.45, 2.75) is 45.6 Å². The molecule has 5 heteroatoms. The van der Waals surface area contributed by atoms with Gasteiger partial charge in [0.2, 0.25) is 0 Å². The maximum Gasteiger partial charge on any atom is 0.325 e. The number of urea groups is 1. The van der Waals surface area contributed by atoms with Crippen LogP contribution in [0, 0.1) is 5.92 Å². The molecular weight excluding hydrogens is 230 g/mol. The lowest BCUT2D eigenvalue weighted by atomic mass is 10.0. The Morgan fingerprint density at radius 1 is 1.39 bits per heavy atom. The molecule has 0 aromatic carbocycles. The lowest BCUT2D eigenvalue weighted by Crippen LogP contribution is -2.45. The van der Waals surface area contributed by atoms with E-state index in [4.69, 9.17) is 0 Å². The number of rotatable bonds is 4. The van der Waals surface area contributed by atoms with Crippen LogP contribution in [0.3, 0.4) is 0 Å². The zero-order valence-corrected chi connectivity index (χ0v) is 11.3. The molecule has 5 nitrogen and oxygen atoms in total. The SMILES string of the molecule is CCC[C@H]1NC(=O)N(CN2CCC[C@H](C)C2)C1=O. The minimum atomic E-state index is -0.301. The first-order valence-corrected chi connectivity index (χ1v) is 6.96. The molecule has 2 aliphatic heterocycles. The Hall–Kier alpha value is -1.10. The van der Waals surface area contributed by atoms with Crippen LogP contribution in [-0.4, -0.2) is 47.5 Å². The van der Waals surface area contributed by atoms with Crippen molar-refractivity contribution >= 4 is 11.9 Å². The molecule has 0 aliphatic carbocycles. The molecule has 3 amide bonds. The monoisotopic (exact) mass is 253 g/mol. The van der Waals surface area contributed by atoms with Crippen molar-refractivity contribution in [1.29, 1.82) is 0 Å². The second-order valence-electron chi connectivity index (χ2n) is 5.52. The Morgan fingerprint density at radius 2 is 2.17 bits per heavy atom. The van der Waals surface area contributed by atoms with Gasteiger partial charge in [-0.1, -0.05) is 20.3 Å². The standard InChI is InChI=1S/C13H23N3O2/c1-3-5-11-12(17)16(13(18)14-11)9-15-7-4-6-10(2)8-15/h10-11H,3-9H2,1-2H3,(H,14,18)/t10-,11+/m0/s1. The first-order chi connectivity index (χ1) is 8.61. The molecule has 2 atom stereocenters. The zero-order chi connectivity index (χ0) is 13.1. The maximum atomic E-state index is 12.1. The van der Waals surface area contributed by atoms with E-state index >= 15 is 0 Å². The highest BCUT2D eigenvalue weighted by atomic mass is 16.2. The number of hydrogen-bond acceptors (Lipinski definition) is 3. The quantitative estimate of drug-likeness (QED) is 0.770. The predicted molar refractivity (Wildman–Crippen MR) is 68.9 cm³/mol. The summed E-state index contributed by atoms with van der Waals surface area (Å²) in [5.41, 5.74) is 0. The predicted octanol–water partition coefficient (Wildman–Crippen LogP) is 1.40. The first-order valence-electron chi connectivity index (χ1n) is 6.96. The second-order valence-corrected chi connectivity index (χ2v) is 5.52. The molecule has 0 spiro atoms. The summed E-state index contributed by atoms with van der Waals surface area (Å²) in [6, 6.07) is -0.526. The van der Waals surface area contributed by atoms with E-state index in [2.05, 4.69) is 17.1 Å². The average Bonchev–Trinajstić information content (AvgIpc) is 2.58. The first kappa shape index (κ1) is 13.3. The summed E-state index contributed by atoms with van der Waals surface area (Å²) < 4.78 is 0. The van der Waals surface area contributed by atoms with Gasteiger partial charge in [-0.15, -0.1) is 0 Å². The number of carbonyl (C=O) groups is 2. The molecule has 18 heavy (non-hydrogen) atoms. The number of nitrogens with one attached hydrogen (secondary N) is 1. The highest BCUT2D eigenvalue weighted by Crippen LogP contribution is 2.18. The molecule has 0 unspecified atom stereocenters. The van der Waals surface area contributed by atoms with Gasteiger partial charge in [-0.25, -0.2) is 9.69 Å². The van der Waals surface area contributed by atoms with Crippen molar-refractivity contribution < 1.29 is 9.59 Å². The van der Waals surface area contributed by atoms with Crippen LogP contribution in [-0.2, 0) is 4.79 Å². The minimum absolute atomic E-state index is 0.0555. The molecule has 0 radical (unpaired) electrons. The number of imide groups is 1. The van der Waals surface area contributed by atoms with Crippen LogP contribution in [0.4, 0.5) is 4.79 Å². The molecule has 102 valence electrons. The fourth-order valence-corrected chi connectivity index (χ4v) is 2.81. The average molecular weight is 253 g/mol. The van der Waals surface area contributed by atoms with E-state index < -0.39 is 0 Å². The van der Waals surface area contributed by atoms with E-state index in [1.54, 1.807) is 0 Å². The third-order valence-corrected chi connectivity index (χ3v) is 3.77. The van der Waals surface area contributed by atoms with Gasteiger partial charge in [0.25, 0.3) is 5.91 Å². The van der Waals surface area contributed by atoms with E-state index in [-0.39, 0.29) is 18.0 Å². The number of nitrogens with zero attached hydrogens (tertiary/aromatic N) is 2. The third-order valence-electron chi connectivity index (χ3n) is 3.77. The van der Waals surface area contributed by atoms with Gasteiger partial charge in [-0.2, -0.15) is 0 Å².